The highest BCUT2D eigenvalue weighted by atomic mass is 35.5. The summed E-state index contributed by atoms with van der Waals surface area (Å²) >= 11 is 6.05. The van der Waals surface area contributed by atoms with E-state index in [4.69, 9.17) is 11.6 Å². The zero-order valence-electron chi connectivity index (χ0n) is 13.4. The third kappa shape index (κ3) is 5.49. The summed E-state index contributed by atoms with van der Waals surface area (Å²) in [4.78, 5) is 4.58. The van der Waals surface area contributed by atoms with E-state index >= 15 is 0 Å². The van der Waals surface area contributed by atoms with E-state index in [2.05, 4.69) is 22.5 Å². The number of phenols is 1. The second-order valence-corrected chi connectivity index (χ2v) is 5.72. The van der Waals surface area contributed by atoms with Crippen LogP contribution in [0.15, 0.2) is 53.5 Å². The first-order valence-corrected chi connectivity index (χ1v) is 8.04. The molecule has 5 heteroatoms. The molecule has 0 aliphatic rings. The number of guanidine groups is 1. The Hall–Kier alpha value is -2.20. The fourth-order valence-corrected chi connectivity index (χ4v) is 2.35. The molecule has 4 nitrogen and oxygen atoms in total. The molecule has 1 atom stereocenters. The number of aliphatic imine (C=N–C) groups is 1. The number of halogens is 1. The minimum atomic E-state index is 0.0892. The third-order valence-electron chi connectivity index (χ3n) is 3.40. The molecule has 122 valence electrons. The Bertz CT molecular complexity index is 656. The van der Waals surface area contributed by atoms with Crippen LogP contribution in [0.2, 0.25) is 5.02 Å². The van der Waals surface area contributed by atoms with Crippen LogP contribution in [0.1, 0.15) is 31.0 Å². The summed E-state index contributed by atoms with van der Waals surface area (Å²) in [5, 5.41) is 16.6. The van der Waals surface area contributed by atoms with Crippen LogP contribution in [0.5, 0.6) is 5.75 Å². The quantitative estimate of drug-likeness (QED) is 0.576. The molecule has 0 spiro atoms. The molecular formula is C18H22ClN3O. The van der Waals surface area contributed by atoms with Gasteiger partial charge in [0.1, 0.15) is 5.75 Å². The molecule has 0 fully saturated rings. The maximum absolute atomic E-state index is 9.31. The maximum atomic E-state index is 9.31. The molecular weight excluding hydrogens is 310 g/mol. The molecule has 0 heterocycles. The van der Waals surface area contributed by atoms with Gasteiger partial charge in [0.25, 0.3) is 0 Å². The number of phenolic OH excluding ortho intramolecular Hbond substituents is 1. The molecule has 0 radical (unpaired) electrons. The predicted octanol–water partition coefficient (Wildman–Crippen LogP) is 3.86. The van der Waals surface area contributed by atoms with Gasteiger partial charge in [-0.15, -0.1) is 0 Å². The highest BCUT2D eigenvalue weighted by Gasteiger charge is 2.08. The highest BCUT2D eigenvalue weighted by Crippen LogP contribution is 2.17. The fourth-order valence-electron chi connectivity index (χ4n) is 2.16. The lowest BCUT2D eigenvalue weighted by Gasteiger charge is -2.18. The number of nitrogens with one attached hydrogen (secondary N) is 2. The van der Waals surface area contributed by atoms with Crippen LogP contribution >= 0.6 is 11.6 Å². The van der Waals surface area contributed by atoms with Crippen molar-refractivity contribution >= 4 is 17.6 Å². The van der Waals surface area contributed by atoms with Crippen molar-refractivity contribution in [2.75, 3.05) is 6.54 Å². The molecule has 0 bridgehead atoms. The van der Waals surface area contributed by atoms with Crippen molar-refractivity contribution in [3.63, 3.8) is 0 Å². The van der Waals surface area contributed by atoms with Crippen molar-refractivity contribution in [3.05, 3.63) is 64.7 Å². The van der Waals surface area contributed by atoms with E-state index in [9.17, 15) is 5.11 Å². The van der Waals surface area contributed by atoms with E-state index in [1.54, 1.807) is 12.1 Å². The molecule has 2 rings (SSSR count). The number of aromatic hydroxyl groups is 1. The van der Waals surface area contributed by atoms with E-state index in [1.165, 1.54) is 0 Å². The average molecular weight is 332 g/mol. The number of rotatable bonds is 5. The van der Waals surface area contributed by atoms with Crippen LogP contribution < -0.4 is 10.6 Å². The summed E-state index contributed by atoms with van der Waals surface area (Å²) in [6, 6.07) is 14.9. The van der Waals surface area contributed by atoms with Crippen molar-refractivity contribution in [1.82, 2.24) is 10.6 Å². The van der Waals surface area contributed by atoms with Crippen LogP contribution in [0.3, 0.4) is 0 Å². The SMILES string of the molecule is CCNC(=NCc1ccc(O)cc1)NC(C)c1cccc(Cl)c1. The van der Waals surface area contributed by atoms with Gasteiger partial charge in [-0.2, -0.15) is 0 Å². The lowest BCUT2D eigenvalue weighted by Crippen LogP contribution is -2.38. The number of hydrogen-bond donors (Lipinski definition) is 3. The predicted molar refractivity (Wildman–Crippen MR) is 95.9 cm³/mol. The van der Waals surface area contributed by atoms with Crippen LogP contribution in [0, 0.1) is 0 Å². The zero-order valence-corrected chi connectivity index (χ0v) is 14.1. The molecule has 0 aromatic heterocycles. The third-order valence-corrected chi connectivity index (χ3v) is 3.64. The first kappa shape index (κ1) is 17.2. The van der Waals surface area contributed by atoms with Gasteiger partial charge in [-0.3, -0.25) is 0 Å². The number of benzene rings is 2. The van der Waals surface area contributed by atoms with Gasteiger partial charge >= 0.3 is 0 Å². The molecule has 2 aromatic carbocycles. The summed E-state index contributed by atoms with van der Waals surface area (Å²) in [6.07, 6.45) is 0. The van der Waals surface area contributed by atoms with E-state index in [0.717, 1.165) is 28.7 Å². The lowest BCUT2D eigenvalue weighted by molar-refractivity contribution is 0.475. The molecule has 2 aromatic rings. The summed E-state index contributed by atoms with van der Waals surface area (Å²) < 4.78 is 0. The first-order chi connectivity index (χ1) is 11.1. The molecule has 3 N–H and O–H groups in total. The van der Waals surface area contributed by atoms with Gasteiger partial charge < -0.3 is 15.7 Å². The zero-order chi connectivity index (χ0) is 16.7. The summed E-state index contributed by atoms with van der Waals surface area (Å²) in [5.74, 6) is 1.00. The minimum Gasteiger partial charge on any atom is -0.508 e. The van der Waals surface area contributed by atoms with Crippen molar-refractivity contribution in [2.45, 2.75) is 26.4 Å². The second-order valence-electron chi connectivity index (χ2n) is 5.28. The summed E-state index contributed by atoms with van der Waals surface area (Å²) in [6.45, 7) is 5.42. The van der Waals surface area contributed by atoms with E-state index < -0.39 is 0 Å². The number of nitrogens with zero attached hydrogens (tertiary/aromatic N) is 1. The topological polar surface area (TPSA) is 56.7 Å². The van der Waals surface area contributed by atoms with Gasteiger partial charge in [0.15, 0.2) is 5.96 Å². The second kappa shape index (κ2) is 8.44. The van der Waals surface area contributed by atoms with Gasteiger partial charge in [0.05, 0.1) is 12.6 Å². The van der Waals surface area contributed by atoms with Crippen molar-refractivity contribution in [1.29, 1.82) is 0 Å². The van der Waals surface area contributed by atoms with Crippen molar-refractivity contribution in [2.24, 2.45) is 4.99 Å². The Morgan fingerprint density at radius 1 is 1.22 bits per heavy atom. The highest BCUT2D eigenvalue weighted by molar-refractivity contribution is 6.30. The summed E-state index contributed by atoms with van der Waals surface area (Å²) in [7, 11) is 0. The molecule has 0 aliphatic heterocycles. The van der Waals surface area contributed by atoms with Gasteiger partial charge in [-0.05, 0) is 49.2 Å². The van der Waals surface area contributed by atoms with Crippen LogP contribution in [0.25, 0.3) is 0 Å². The maximum Gasteiger partial charge on any atom is 0.192 e. The minimum absolute atomic E-state index is 0.0892. The van der Waals surface area contributed by atoms with E-state index in [-0.39, 0.29) is 11.8 Å². The molecule has 0 saturated heterocycles. The molecule has 0 aliphatic carbocycles. The normalized spacial score (nSPS) is 12.7. The van der Waals surface area contributed by atoms with Crippen LogP contribution in [0.4, 0.5) is 0 Å². The van der Waals surface area contributed by atoms with Gasteiger partial charge in [0.2, 0.25) is 0 Å². The Balaban J connectivity index is 2.05. The van der Waals surface area contributed by atoms with Gasteiger partial charge in [-0.1, -0.05) is 35.9 Å². The first-order valence-electron chi connectivity index (χ1n) is 7.66. The Morgan fingerprint density at radius 2 is 1.96 bits per heavy atom. The lowest BCUT2D eigenvalue weighted by atomic mass is 10.1. The van der Waals surface area contributed by atoms with E-state index in [0.29, 0.717) is 6.54 Å². The smallest absolute Gasteiger partial charge is 0.192 e. The van der Waals surface area contributed by atoms with Gasteiger partial charge in [-0.25, -0.2) is 4.99 Å². The fraction of sp³-hybridized carbons (Fsp3) is 0.278. The largest absolute Gasteiger partial charge is 0.508 e. The van der Waals surface area contributed by atoms with Crippen LogP contribution in [-0.4, -0.2) is 17.6 Å². The average Bonchev–Trinajstić information content (AvgIpc) is 2.54. The molecule has 0 saturated carbocycles. The molecule has 1 unspecified atom stereocenters. The number of hydrogen-bond acceptors (Lipinski definition) is 2. The van der Waals surface area contributed by atoms with Gasteiger partial charge in [0, 0.05) is 11.6 Å². The Morgan fingerprint density at radius 3 is 2.61 bits per heavy atom. The standard InChI is InChI=1S/C18H22ClN3O/c1-3-20-18(21-12-14-7-9-17(23)10-8-14)22-13(2)15-5-4-6-16(19)11-15/h4-11,13,23H,3,12H2,1-2H3,(H2,20,21,22). The summed E-state index contributed by atoms with van der Waals surface area (Å²) in [5.41, 5.74) is 2.14. The Labute approximate surface area is 142 Å². The van der Waals surface area contributed by atoms with Crippen LogP contribution in [-0.2, 0) is 6.54 Å². The Kier molecular flexibility index (Phi) is 6.29. The monoisotopic (exact) mass is 331 g/mol. The molecule has 23 heavy (non-hydrogen) atoms. The van der Waals surface area contributed by atoms with Crippen molar-refractivity contribution < 1.29 is 5.11 Å². The molecule has 0 amide bonds. The van der Waals surface area contributed by atoms with Crippen molar-refractivity contribution in [3.8, 4) is 5.75 Å². The van der Waals surface area contributed by atoms with E-state index in [1.807, 2.05) is 43.3 Å².